The van der Waals surface area contributed by atoms with E-state index in [0.717, 1.165) is 34.0 Å². The largest absolute Gasteiger partial charge is 0.456 e. The van der Waals surface area contributed by atoms with Crippen LogP contribution in [0.1, 0.15) is 22.6 Å². The van der Waals surface area contributed by atoms with Gasteiger partial charge in [-0.3, -0.25) is 0 Å². The molecular weight excluding hydrogens is 631 g/mol. The molecule has 2 heterocycles. The van der Waals surface area contributed by atoms with Crippen molar-refractivity contribution in [1.29, 1.82) is 0 Å². The first kappa shape index (κ1) is 29.1. The van der Waals surface area contributed by atoms with Crippen LogP contribution in [0.5, 0.6) is 0 Å². The molecule has 0 radical (unpaired) electrons. The number of fused-ring (bicyclic) bond motifs is 9. The van der Waals surface area contributed by atoms with Gasteiger partial charge in [-0.2, -0.15) is 0 Å². The first-order valence-electron chi connectivity index (χ1n) is 18.1. The monoisotopic (exact) mass is 663 g/mol. The highest BCUT2D eigenvalue weighted by Gasteiger charge is 2.26. The quantitative estimate of drug-likeness (QED) is 0.183. The van der Waals surface area contributed by atoms with Gasteiger partial charge in [0.25, 0.3) is 0 Å². The maximum absolute atomic E-state index is 6.17. The Balaban J connectivity index is 1.03. The van der Waals surface area contributed by atoms with E-state index >= 15 is 0 Å². The van der Waals surface area contributed by atoms with E-state index in [1.54, 1.807) is 0 Å². The van der Waals surface area contributed by atoms with E-state index in [4.69, 9.17) is 4.42 Å². The highest BCUT2D eigenvalue weighted by atomic mass is 16.3. The van der Waals surface area contributed by atoms with Gasteiger partial charge in [0.1, 0.15) is 11.2 Å². The Morgan fingerprint density at radius 1 is 0.423 bits per heavy atom. The van der Waals surface area contributed by atoms with Crippen LogP contribution in [0, 0.1) is 0 Å². The second-order valence-electron chi connectivity index (χ2n) is 14.1. The Kier molecular flexibility index (Phi) is 6.41. The smallest absolute Gasteiger partial charge is 0.135 e. The third-order valence-electron chi connectivity index (χ3n) is 11.2. The minimum Gasteiger partial charge on any atom is -0.456 e. The van der Waals surface area contributed by atoms with Crippen LogP contribution < -0.4 is 0 Å². The van der Waals surface area contributed by atoms with E-state index in [0.29, 0.717) is 5.92 Å². The molecule has 1 aliphatic rings. The maximum atomic E-state index is 6.17. The molecule has 0 fully saturated rings. The fourth-order valence-corrected chi connectivity index (χ4v) is 8.68. The third-order valence-corrected chi connectivity index (χ3v) is 11.2. The maximum Gasteiger partial charge on any atom is 0.135 e. The lowest BCUT2D eigenvalue weighted by Crippen LogP contribution is -2.12. The van der Waals surface area contributed by atoms with Gasteiger partial charge < -0.3 is 8.98 Å². The molecule has 11 rings (SSSR count). The van der Waals surface area contributed by atoms with Crippen molar-refractivity contribution in [2.24, 2.45) is 0 Å². The molecule has 0 spiro atoms. The van der Waals surface area contributed by atoms with Gasteiger partial charge in [0.15, 0.2) is 0 Å². The number of rotatable bonds is 4. The highest BCUT2D eigenvalue weighted by Crippen LogP contribution is 2.45. The van der Waals surface area contributed by atoms with Gasteiger partial charge >= 0.3 is 0 Å². The summed E-state index contributed by atoms with van der Waals surface area (Å²) in [5.41, 5.74) is 17.2. The van der Waals surface area contributed by atoms with Crippen LogP contribution in [-0.4, -0.2) is 4.57 Å². The van der Waals surface area contributed by atoms with Crippen molar-refractivity contribution < 1.29 is 4.42 Å². The van der Waals surface area contributed by atoms with Crippen molar-refractivity contribution in [2.45, 2.75) is 12.3 Å². The lowest BCUT2D eigenvalue weighted by atomic mass is 9.75. The summed E-state index contributed by atoms with van der Waals surface area (Å²) in [6.07, 6.45) is 0.999. The molecule has 0 saturated carbocycles. The molecule has 8 aromatic carbocycles. The van der Waals surface area contributed by atoms with Crippen molar-refractivity contribution in [1.82, 2.24) is 4.57 Å². The summed E-state index contributed by atoms with van der Waals surface area (Å²) in [7, 11) is 0. The Bertz CT molecular complexity index is 2980. The topological polar surface area (TPSA) is 18.1 Å². The molecule has 0 N–H and O–H groups in total. The van der Waals surface area contributed by atoms with Gasteiger partial charge in [-0.25, -0.2) is 0 Å². The molecule has 2 nitrogen and oxygen atoms in total. The van der Waals surface area contributed by atoms with Gasteiger partial charge in [-0.15, -0.1) is 0 Å². The van der Waals surface area contributed by atoms with E-state index in [9.17, 15) is 0 Å². The molecule has 1 unspecified atom stereocenters. The molecule has 2 heteroatoms. The van der Waals surface area contributed by atoms with E-state index in [1.165, 1.54) is 71.9 Å². The summed E-state index contributed by atoms with van der Waals surface area (Å²) in [5.74, 6) is 0.300. The van der Waals surface area contributed by atoms with Gasteiger partial charge in [0.2, 0.25) is 0 Å². The summed E-state index contributed by atoms with van der Waals surface area (Å²) < 4.78 is 8.56. The van der Waals surface area contributed by atoms with Crippen LogP contribution in [-0.2, 0) is 6.42 Å². The zero-order valence-corrected chi connectivity index (χ0v) is 28.5. The van der Waals surface area contributed by atoms with Crippen LogP contribution in [0.2, 0.25) is 0 Å². The molecule has 0 saturated heterocycles. The Labute approximate surface area is 301 Å². The van der Waals surface area contributed by atoms with Gasteiger partial charge in [-0.05, 0) is 105 Å². The van der Waals surface area contributed by atoms with Gasteiger partial charge in [-0.1, -0.05) is 133 Å². The second-order valence-corrected chi connectivity index (χ2v) is 14.1. The zero-order valence-electron chi connectivity index (χ0n) is 28.5. The lowest BCUT2D eigenvalue weighted by Gasteiger charge is -2.29. The van der Waals surface area contributed by atoms with Crippen molar-refractivity contribution in [3.05, 3.63) is 199 Å². The first-order chi connectivity index (χ1) is 25.8. The number of furan rings is 1. The molecule has 0 amide bonds. The Hall–Kier alpha value is -6.64. The SMILES string of the molecule is c1ccc(-c2ccc(C3Cc4ccccc4-c4cc(-c5ccc6c(c5)c5ccccc5n6-c5ccc6oc7ccccc7c6c5)ccc43)cc2)cc1. The molecule has 1 aliphatic carbocycles. The standard InChI is InChI=1S/C50H33NO/c1-2-10-32(11-3-1)33-18-20-34(21-19-33)43-30-37-12-4-5-13-39(37)44-28-35(22-25-40(43)44)36-23-26-48-45(29-36)41-14-6-8-16-47(41)51(48)38-24-27-50-46(31-38)42-15-7-9-17-49(42)52-50/h1-29,31,43H,30H2. The fraction of sp³-hybridized carbons (Fsp3) is 0.0400. The summed E-state index contributed by atoms with van der Waals surface area (Å²) in [6.45, 7) is 0. The number of aromatic nitrogens is 1. The van der Waals surface area contributed by atoms with Gasteiger partial charge in [0, 0.05) is 33.2 Å². The zero-order chi connectivity index (χ0) is 34.2. The fourth-order valence-electron chi connectivity index (χ4n) is 8.68. The first-order valence-corrected chi connectivity index (χ1v) is 18.1. The predicted molar refractivity (Wildman–Crippen MR) is 216 cm³/mol. The van der Waals surface area contributed by atoms with Crippen molar-refractivity contribution >= 4 is 43.7 Å². The van der Waals surface area contributed by atoms with Crippen LogP contribution in [0.3, 0.4) is 0 Å². The van der Waals surface area contributed by atoms with E-state index in [-0.39, 0.29) is 0 Å². The molecule has 10 aromatic rings. The Morgan fingerprint density at radius 2 is 1.10 bits per heavy atom. The van der Waals surface area contributed by atoms with Crippen molar-refractivity contribution in [3.63, 3.8) is 0 Å². The number of hydrogen-bond acceptors (Lipinski definition) is 1. The number of para-hydroxylation sites is 2. The van der Waals surface area contributed by atoms with Crippen molar-refractivity contribution in [2.75, 3.05) is 0 Å². The molecule has 2 aromatic heterocycles. The van der Waals surface area contributed by atoms with Crippen molar-refractivity contribution in [3.8, 4) is 39.1 Å². The molecule has 0 aliphatic heterocycles. The van der Waals surface area contributed by atoms with Crippen LogP contribution >= 0.6 is 0 Å². The van der Waals surface area contributed by atoms with E-state index in [1.807, 2.05) is 12.1 Å². The number of benzene rings is 8. The summed E-state index contributed by atoms with van der Waals surface area (Å²) in [5, 5.41) is 4.77. The molecule has 244 valence electrons. The lowest BCUT2D eigenvalue weighted by molar-refractivity contribution is 0.669. The summed E-state index contributed by atoms with van der Waals surface area (Å²) in [4.78, 5) is 0. The molecule has 1 atom stereocenters. The third kappa shape index (κ3) is 4.51. The summed E-state index contributed by atoms with van der Waals surface area (Å²) >= 11 is 0. The predicted octanol–water partition coefficient (Wildman–Crippen LogP) is 13.4. The minimum atomic E-state index is 0.300. The second kappa shape index (κ2) is 11.4. The normalized spacial score (nSPS) is 13.9. The van der Waals surface area contributed by atoms with Crippen LogP contribution in [0.4, 0.5) is 0 Å². The molecule has 52 heavy (non-hydrogen) atoms. The van der Waals surface area contributed by atoms with Crippen LogP contribution in [0.15, 0.2) is 186 Å². The number of hydrogen-bond donors (Lipinski definition) is 0. The van der Waals surface area contributed by atoms with E-state index < -0.39 is 0 Å². The molecule has 0 bridgehead atoms. The van der Waals surface area contributed by atoms with Gasteiger partial charge in [0.05, 0.1) is 11.0 Å². The van der Waals surface area contributed by atoms with E-state index in [2.05, 4.69) is 174 Å². The molecular formula is C50H33NO. The average Bonchev–Trinajstić information content (AvgIpc) is 3.76. The summed E-state index contributed by atoms with van der Waals surface area (Å²) in [6, 6.07) is 66.5. The number of nitrogens with zero attached hydrogens (tertiary/aromatic N) is 1. The average molecular weight is 664 g/mol. The van der Waals surface area contributed by atoms with Crippen LogP contribution in [0.25, 0.3) is 82.8 Å². The highest BCUT2D eigenvalue weighted by molar-refractivity contribution is 6.11. The Morgan fingerprint density at radius 3 is 2.00 bits per heavy atom. The minimum absolute atomic E-state index is 0.300.